The predicted molar refractivity (Wildman–Crippen MR) is 76.5 cm³/mol. The molecule has 0 spiro atoms. The first-order valence-electron chi connectivity index (χ1n) is 7.12. The highest BCUT2D eigenvalue weighted by Gasteiger charge is 2.26. The topological polar surface area (TPSA) is 61.4 Å². The van der Waals surface area contributed by atoms with E-state index in [1.54, 1.807) is 4.90 Å². The predicted octanol–water partition coefficient (Wildman–Crippen LogP) is 0.301. The second-order valence-electron chi connectivity index (χ2n) is 5.33. The van der Waals surface area contributed by atoms with Gasteiger partial charge in [0.15, 0.2) is 0 Å². The zero-order valence-electron chi connectivity index (χ0n) is 11.4. The van der Waals surface area contributed by atoms with Gasteiger partial charge in [0.1, 0.15) is 0 Å². The van der Waals surface area contributed by atoms with Crippen LogP contribution in [0.4, 0.5) is 5.69 Å². The van der Waals surface area contributed by atoms with Crippen LogP contribution in [0.15, 0.2) is 24.3 Å². The molecule has 1 aromatic carbocycles. The van der Waals surface area contributed by atoms with Gasteiger partial charge in [-0.3, -0.25) is 9.59 Å². The van der Waals surface area contributed by atoms with Gasteiger partial charge in [0.2, 0.25) is 11.8 Å². The van der Waals surface area contributed by atoms with Gasteiger partial charge < -0.3 is 15.5 Å². The molecule has 20 heavy (non-hydrogen) atoms. The van der Waals surface area contributed by atoms with E-state index in [0.29, 0.717) is 13.1 Å². The Morgan fingerprint density at radius 2 is 2.20 bits per heavy atom. The number of rotatable bonds is 3. The van der Waals surface area contributed by atoms with Gasteiger partial charge in [0.05, 0.1) is 12.5 Å². The molecule has 0 radical (unpaired) electrons. The first kappa shape index (κ1) is 13.1. The summed E-state index contributed by atoms with van der Waals surface area (Å²) in [5, 5.41) is 5.91. The standard InChI is InChI=1S/C15H19N3O2/c19-14(10-17-15(20)12-5-7-16-9-12)18-8-6-11-3-1-2-4-13(11)18/h1-4,12,16H,5-10H2,(H,17,20). The Hall–Kier alpha value is -1.88. The van der Waals surface area contributed by atoms with E-state index in [1.807, 2.05) is 24.3 Å². The maximum atomic E-state index is 12.2. The lowest BCUT2D eigenvalue weighted by atomic mass is 10.1. The molecule has 1 aromatic rings. The van der Waals surface area contributed by atoms with Crippen LogP contribution in [-0.2, 0) is 16.0 Å². The molecule has 1 saturated heterocycles. The molecule has 2 amide bonds. The van der Waals surface area contributed by atoms with E-state index in [0.717, 1.165) is 25.1 Å². The minimum atomic E-state index is -0.0331. The van der Waals surface area contributed by atoms with Crippen molar-refractivity contribution < 1.29 is 9.59 Å². The van der Waals surface area contributed by atoms with Crippen molar-refractivity contribution >= 4 is 17.5 Å². The van der Waals surface area contributed by atoms with Gasteiger partial charge in [-0.15, -0.1) is 0 Å². The normalized spacial score (nSPS) is 20.8. The van der Waals surface area contributed by atoms with Crippen LogP contribution in [0.5, 0.6) is 0 Å². The highest BCUT2D eigenvalue weighted by atomic mass is 16.2. The van der Waals surface area contributed by atoms with Crippen molar-refractivity contribution in [2.45, 2.75) is 12.8 Å². The summed E-state index contributed by atoms with van der Waals surface area (Å²) < 4.78 is 0. The van der Waals surface area contributed by atoms with Gasteiger partial charge in [-0.1, -0.05) is 18.2 Å². The Bertz CT molecular complexity index is 524. The lowest BCUT2D eigenvalue weighted by Gasteiger charge is -2.18. The highest BCUT2D eigenvalue weighted by molar-refractivity contribution is 5.98. The fraction of sp³-hybridized carbons (Fsp3) is 0.467. The summed E-state index contributed by atoms with van der Waals surface area (Å²) in [6.07, 6.45) is 1.75. The third-order valence-corrected chi connectivity index (χ3v) is 4.03. The van der Waals surface area contributed by atoms with Crippen LogP contribution in [0, 0.1) is 5.92 Å². The van der Waals surface area contributed by atoms with Crippen LogP contribution in [0.2, 0.25) is 0 Å². The van der Waals surface area contributed by atoms with E-state index in [4.69, 9.17) is 0 Å². The summed E-state index contributed by atoms with van der Waals surface area (Å²) in [6, 6.07) is 7.93. The highest BCUT2D eigenvalue weighted by Crippen LogP contribution is 2.27. The molecule has 1 atom stereocenters. The fourth-order valence-electron chi connectivity index (χ4n) is 2.88. The summed E-state index contributed by atoms with van der Waals surface area (Å²) in [4.78, 5) is 25.9. The minimum Gasteiger partial charge on any atom is -0.347 e. The number of fused-ring (bicyclic) bond motifs is 1. The number of anilines is 1. The molecule has 0 aromatic heterocycles. The maximum Gasteiger partial charge on any atom is 0.246 e. The largest absolute Gasteiger partial charge is 0.347 e. The SMILES string of the molecule is O=C(NCC(=O)N1CCc2ccccc21)C1CCNC1. The van der Waals surface area contributed by atoms with Crippen LogP contribution in [0.25, 0.3) is 0 Å². The minimum absolute atomic E-state index is 0.00802. The third-order valence-electron chi connectivity index (χ3n) is 4.03. The number of nitrogens with one attached hydrogen (secondary N) is 2. The first-order valence-corrected chi connectivity index (χ1v) is 7.12. The van der Waals surface area contributed by atoms with E-state index < -0.39 is 0 Å². The van der Waals surface area contributed by atoms with E-state index in [-0.39, 0.29) is 24.3 Å². The molecule has 0 saturated carbocycles. The number of carbonyl (C=O) groups excluding carboxylic acids is 2. The van der Waals surface area contributed by atoms with Gasteiger partial charge >= 0.3 is 0 Å². The molecule has 2 aliphatic heterocycles. The number of benzene rings is 1. The van der Waals surface area contributed by atoms with Gasteiger partial charge in [-0.05, 0) is 31.0 Å². The van der Waals surface area contributed by atoms with Crippen LogP contribution in [0.3, 0.4) is 0 Å². The Labute approximate surface area is 118 Å². The van der Waals surface area contributed by atoms with Crippen molar-refractivity contribution in [2.75, 3.05) is 31.1 Å². The monoisotopic (exact) mass is 273 g/mol. The Balaban J connectivity index is 1.56. The summed E-state index contributed by atoms with van der Waals surface area (Å²) >= 11 is 0. The zero-order chi connectivity index (χ0) is 13.9. The molecule has 0 bridgehead atoms. The van der Waals surface area contributed by atoms with E-state index >= 15 is 0 Å². The van der Waals surface area contributed by atoms with Gasteiger partial charge in [-0.25, -0.2) is 0 Å². The molecular formula is C15H19N3O2. The van der Waals surface area contributed by atoms with Gasteiger partial charge in [0.25, 0.3) is 0 Å². The maximum absolute atomic E-state index is 12.2. The second-order valence-corrected chi connectivity index (χ2v) is 5.33. The number of nitrogens with zero attached hydrogens (tertiary/aromatic N) is 1. The van der Waals surface area contributed by atoms with Gasteiger partial charge in [-0.2, -0.15) is 0 Å². The summed E-state index contributed by atoms with van der Waals surface area (Å²) in [6.45, 7) is 2.39. The van der Waals surface area contributed by atoms with Crippen molar-refractivity contribution in [1.82, 2.24) is 10.6 Å². The second kappa shape index (κ2) is 5.63. The van der Waals surface area contributed by atoms with Crippen molar-refractivity contribution in [3.8, 4) is 0 Å². The number of para-hydroxylation sites is 1. The molecule has 3 rings (SSSR count). The van der Waals surface area contributed by atoms with Crippen molar-refractivity contribution in [3.05, 3.63) is 29.8 Å². The van der Waals surface area contributed by atoms with E-state index in [2.05, 4.69) is 10.6 Å². The molecule has 2 aliphatic rings. The Morgan fingerprint density at radius 3 is 3.00 bits per heavy atom. The molecule has 2 heterocycles. The number of hydrogen-bond donors (Lipinski definition) is 2. The Kier molecular flexibility index (Phi) is 3.69. The average molecular weight is 273 g/mol. The third kappa shape index (κ3) is 2.54. The lowest BCUT2D eigenvalue weighted by molar-refractivity contribution is -0.127. The molecule has 106 valence electrons. The molecule has 5 nitrogen and oxygen atoms in total. The van der Waals surface area contributed by atoms with Crippen molar-refractivity contribution in [3.63, 3.8) is 0 Å². The van der Waals surface area contributed by atoms with Crippen molar-refractivity contribution in [2.24, 2.45) is 5.92 Å². The first-order chi connectivity index (χ1) is 9.75. The van der Waals surface area contributed by atoms with E-state index in [1.165, 1.54) is 5.56 Å². The molecule has 0 aliphatic carbocycles. The van der Waals surface area contributed by atoms with Crippen LogP contribution in [-0.4, -0.2) is 38.0 Å². The van der Waals surface area contributed by atoms with Crippen molar-refractivity contribution in [1.29, 1.82) is 0 Å². The number of carbonyl (C=O) groups is 2. The summed E-state index contributed by atoms with van der Waals surface area (Å²) in [7, 11) is 0. The van der Waals surface area contributed by atoms with Crippen LogP contribution >= 0.6 is 0 Å². The smallest absolute Gasteiger partial charge is 0.246 e. The quantitative estimate of drug-likeness (QED) is 0.833. The molecule has 5 heteroatoms. The zero-order valence-corrected chi connectivity index (χ0v) is 11.4. The van der Waals surface area contributed by atoms with Crippen LogP contribution < -0.4 is 15.5 Å². The molecule has 2 N–H and O–H groups in total. The molecular weight excluding hydrogens is 254 g/mol. The number of amides is 2. The van der Waals surface area contributed by atoms with E-state index in [9.17, 15) is 9.59 Å². The lowest BCUT2D eigenvalue weighted by Crippen LogP contribution is -2.41. The van der Waals surface area contributed by atoms with Gasteiger partial charge in [0, 0.05) is 18.8 Å². The summed E-state index contributed by atoms with van der Waals surface area (Å²) in [5.41, 5.74) is 2.18. The summed E-state index contributed by atoms with van der Waals surface area (Å²) in [5.74, 6) is -0.0428. The Morgan fingerprint density at radius 1 is 1.35 bits per heavy atom. The molecule has 1 unspecified atom stereocenters. The number of hydrogen-bond acceptors (Lipinski definition) is 3. The van der Waals surface area contributed by atoms with Crippen LogP contribution in [0.1, 0.15) is 12.0 Å². The fourth-order valence-corrected chi connectivity index (χ4v) is 2.88. The average Bonchev–Trinajstić information content (AvgIpc) is 3.13. The molecule has 1 fully saturated rings.